The quantitative estimate of drug-likeness (QED) is 0.352. The standard InChI is InChI=1S/C21H26N4O2S2/c1-27-13-6-11-22-20(26)16-29-21-24-23-19(15-18-9-5-14-28-18)25(21)12-10-17-7-3-2-4-8-17/h2-5,7-9,14H,6,10-13,15-16H2,1H3,(H,22,26). The smallest absolute Gasteiger partial charge is 0.230 e. The van der Waals surface area contributed by atoms with Crippen LogP contribution >= 0.6 is 23.1 Å². The summed E-state index contributed by atoms with van der Waals surface area (Å²) in [6.07, 6.45) is 2.46. The predicted molar refractivity (Wildman–Crippen MR) is 118 cm³/mol. The van der Waals surface area contributed by atoms with Crippen molar-refractivity contribution >= 4 is 29.0 Å². The van der Waals surface area contributed by atoms with Crippen molar-refractivity contribution in [1.82, 2.24) is 20.1 Å². The molecule has 1 N–H and O–H groups in total. The van der Waals surface area contributed by atoms with Gasteiger partial charge in [0, 0.05) is 38.1 Å². The Balaban J connectivity index is 1.63. The molecule has 0 radical (unpaired) electrons. The van der Waals surface area contributed by atoms with Crippen molar-refractivity contribution in [2.45, 2.75) is 31.0 Å². The van der Waals surface area contributed by atoms with Gasteiger partial charge in [0.15, 0.2) is 5.16 Å². The Morgan fingerprint density at radius 3 is 2.83 bits per heavy atom. The number of ether oxygens (including phenoxy) is 1. The third-order valence-corrected chi connectivity index (χ3v) is 6.20. The molecule has 0 aliphatic heterocycles. The number of benzene rings is 1. The van der Waals surface area contributed by atoms with E-state index in [0.29, 0.717) is 18.9 Å². The van der Waals surface area contributed by atoms with Gasteiger partial charge in [-0.2, -0.15) is 0 Å². The molecular weight excluding hydrogens is 404 g/mol. The van der Waals surface area contributed by atoms with Gasteiger partial charge in [0.05, 0.1) is 5.75 Å². The number of hydrogen-bond acceptors (Lipinski definition) is 6. The summed E-state index contributed by atoms with van der Waals surface area (Å²) in [5.74, 6) is 1.27. The van der Waals surface area contributed by atoms with E-state index in [-0.39, 0.29) is 5.91 Å². The highest BCUT2D eigenvalue weighted by molar-refractivity contribution is 7.99. The minimum atomic E-state index is 0.00326. The molecule has 6 nitrogen and oxygen atoms in total. The normalized spacial score (nSPS) is 10.9. The molecule has 2 aromatic heterocycles. The Morgan fingerprint density at radius 1 is 1.21 bits per heavy atom. The van der Waals surface area contributed by atoms with Crippen molar-refractivity contribution in [3.8, 4) is 0 Å². The van der Waals surface area contributed by atoms with Gasteiger partial charge in [-0.1, -0.05) is 48.2 Å². The molecule has 154 valence electrons. The van der Waals surface area contributed by atoms with Gasteiger partial charge in [-0.15, -0.1) is 21.5 Å². The third kappa shape index (κ3) is 6.99. The molecule has 0 spiro atoms. The van der Waals surface area contributed by atoms with Gasteiger partial charge in [0.25, 0.3) is 0 Å². The Bertz CT molecular complexity index is 866. The Morgan fingerprint density at radius 2 is 2.07 bits per heavy atom. The van der Waals surface area contributed by atoms with Crippen LogP contribution in [0.2, 0.25) is 0 Å². The second-order valence-electron chi connectivity index (χ2n) is 6.53. The maximum atomic E-state index is 12.1. The SMILES string of the molecule is COCCCNC(=O)CSc1nnc(Cc2cccs2)n1CCc1ccccc1. The zero-order valence-corrected chi connectivity index (χ0v) is 18.2. The molecule has 2 heterocycles. The van der Waals surface area contributed by atoms with E-state index in [4.69, 9.17) is 4.74 Å². The van der Waals surface area contributed by atoms with Gasteiger partial charge in [0.1, 0.15) is 5.82 Å². The van der Waals surface area contributed by atoms with E-state index in [2.05, 4.69) is 55.8 Å². The van der Waals surface area contributed by atoms with Crippen molar-refractivity contribution < 1.29 is 9.53 Å². The molecule has 3 aromatic rings. The van der Waals surface area contributed by atoms with Crippen molar-refractivity contribution in [2.75, 3.05) is 26.0 Å². The zero-order chi connectivity index (χ0) is 20.3. The van der Waals surface area contributed by atoms with Crippen LogP contribution in [-0.2, 0) is 28.9 Å². The fraction of sp³-hybridized carbons (Fsp3) is 0.381. The molecule has 0 saturated heterocycles. The van der Waals surface area contributed by atoms with Crippen molar-refractivity contribution in [2.24, 2.45) is 0 Å². The monoisotopic (exact) mass is 430 g/mol. The number of thioether (sulfide) groups is 1. The fourth-order valence-corrected chi connectivity index (χ4v) is 4.38. The van der Waals surface area contributed by atoms with E-state index in [1.165, 1.54) is 22.2 Å². The van der Waals surface area contributed by atoms with Crippen LogP contribution in [0.3, 0.4) is 0 Å². The average molecular weight is 431 g/mol. The molecule has 1 aromatic carbocycles. The topological polar surface area (TPSA) is 69.0 Å². The average Bonchev–Trinajstić information content (AvgIpc) is 3.39. The minimum absolute atomic E-state index is 0.00326. The number of carbonyl (C=O) groups is 1. The van der Waals surface area contributed by atoms with Crippen LogP contribution in [0.15, 0.2) is 53.0 Å². The maximum Gasteiger partial charge on any atom is 0.230 e. The molecule has 0 aliphatic carbocycles. The van der Waals surface area contributed by atoms with Crippen LogP contribution in [0, 0.1) is 0 Å². The second-order valence-corrected chi connectivity index (χ2v) is 8.50. The molecule has 3 rings (SSSR count). The Hall–Kier alpha value is -2.16. The molecular formula is C21H26N4O2S2. The highest BCUT2D eigenvalue weighted by Crippen LogP contribution is 2.21. The molecule has 0 aliphatic rings. The molecule has 0 fully saturated rings. The summed E-state index contributed by atoms with van der Waals surface area (Å²) in [7, 11) is 1.66. The third-order valence-electron chi connectivity index (χ3n) is 4.35. The van der Waals surface area contributed by atoms with E-state index in [1.807, 2.05) is 12.1 Å². The lowest BCUT2D eigenvalue weighted by molar-refractivity contribution is -0.118. The summed E-state index contributed by atoms with van der Waals surface area (Å²) in [4.78, 5) is 13.4. The van der Waals surface area contributed by atoms with Gasteiger partial charge in [0.2, 0.25) is 5.91 Å². The van der Waals surface area contributed by atoms with E-state index >= 15 is 0 Å². The lowest BCUT2D eigenvalue weighted by Gasteiger charge is -2.10. The number of nitrogens with one attached hydrogen (secondary N) is 1. The zero-order valence-electron chi connectivity index (χ0n) is 16.5. The number of amides is 1. The summed E-state index contributed by atoms with van der Waals surface area (Å²) < 4.78 is 7.15. The molecule has 1 amide bonds. The number of aromatic nitrogens is 3. The first-order chi connectivity index (χ1) is 14.3. The number of methoxy groups -OCH3 is 1. The highest BCUT2D eigenvalue weighted by atomic mass is 32.2. The van der Waals surface area contributed by atoms with Crippen LogP contribution in [0.25, 0.3) is 0 Å². The van der Waals surface area contributed by atoms with E-state index in [1.54, 1.807) is 18.4 Å². The summed E-state index contributed by atoms with van der Waals surface area (Å²) in [6, 6.07) is 14.6. The van der Waals surface area contributed by atoms with Crippen LogP contribution < -0.4 is 5.32 Å². The fourth-order valence-electron chi connectivity index (χ4n) is 2.86. The number of thiophene rings is 1. The maximum absolute atomic E-state index is 12.1. The van der Waals surface area contributed by atoms with E-state index in [0.717, 1.165) is 36.8 Å². The van der Waals surface area contributed by atoms with Crippen molar-refractivity contribution in [1.29, 1.82) is 0 Å². The second kappa shape index (κ2) is 11.7. The highest BCUT2D eigenvalue weighted by Gasteiger charge is 2.15. The van der Waals surface area contributed by atoms with Crippen LogP contribution in [0.1, 0.15) is 22.7 Å². The number of carbonyl (C=O) groups excluding carboxylic acids is 1. The van der Waals surface area contributed by atoms with Gasteiger partial charge in [-0.25, -0.2) is 0 Å². The lowest BCUT2D eigenvalue weighted by Crippen LogP contribution is -2.27. The summed E-state index contributed by atoms with van der Waals surface area (Å²) in [5, 5.41) is 14.6. The lowest BCUT2D eigenvalue weighted by atomic mass is 10.1. The van der Waals surface area contributed by atoms with Crippen LogP contribution in [-0.4, -0.2) is 46.7 Å². The molecule has 0 saturated carbocycles. The Labute approximate surface area is 179 Å². The summed E-state index contributed by atoms with van der Waals surface area (Å²) in [6.45, 7) is 2.06. The van der Waals surface area contributed by atoms with E-state index < -0.39 is 0 Å². The van der Waals surface area contributed by atoms with E-state index in [9.17, 15) is 4.79 Å². The summed E-state index contributed by atoms with van der Waals surface area (Å²) >= 11 is 3.16. The minimum Gasteiger partial charge on any atom is -0.385 e. The number of aryl methyl sites for hydroxylation is 1. The van der Waals surface area contributed by atoms with Crippen LogP contribution in [0.4, 0.5) is 0 Å². The first-order valence-corrected chi connectivity index (χ1v) is 11.5. The Kier molecular flexibility index (Phi) is 8.73. The van der Waals surface area contributed by atoms with Gasteiger partial charge >= 0.3 is 0 Å². The molecule has 0 atom stereocenters. The molecule has 8 heteroatoms. The molecule has 29 heavy (non-hydrogen) atoms. The summed E-state index contributed by atoms with van der Waals surface area (Å²) in [5.41, 5.74) is 1.27. The molecule has 0 unspecified atom stereocenters. The van der Waals surface area contributed by atoms with Crippen molar-refractivity contribution in [3.05, 3.63) is 64.1 Å². The number of rotatable bonds is 12. The van der Waals surface area contributed by atoms with Gasteiger partial charge in [-0.05, 0) is 29.9 Å². The van der Waals surface area contributed by atoms with Gasteiger partial charge < -0.3 is 14.6 Å². The number of nitrogens with zero attached hydrogens (tertiary/aromatic N) is 3. The van der Waals surface area contributed by atoms with Crippen LogP contribution in [0.5, 0.6) is 0 Å². The molecule has 0 bridgehead atoms. The largest absolute Gasteiger partial charge is 0.385 e. The predicted octanol–water partition coefficient (Wildman–Crippen LogP) is 3.42. The first-order valence-electron chi connectivity index (χ1n) is 9.63. The van der Waals surface area contributed by atoms with Crippen molar-refractivity contribution in [3.63, 3.8) is 0 Å². The first kappa shape index (κ1) is 21.5. The number of hydrogen-bond donors (Lipinski definition) is 1. The van der Waals surface area contributed by atoms with Gasteiger partial charge in [-0.3, -0.25) is 4.79 Å².